The molecule has 1 amide bonds. The van der Waals surface area contributed by atoms with Crippen LogP contribution in [0.15, 0.2) is 67.1 Å². The summed E-state index contributed by atoms with van der Waals surface area (Å²) in [5, 5.41) is 8.54. The highest BCUT2D eigenvalue weighted by Crippen LogP contribution is 2.26. The van der Waals surface area contributed by atoms with Crippen molar-refractivity contribution in [2.45, 2.75) is 38.6 Å². The Labute approximate surface area is 187 Å². The van der Waals surface area contributed by atoms with Crippen LogP contribution >= 0.6 is 0 Å². The van der Waals surface area contributed by atoms with Gasteiger partial charge in [-0.05, 0) is 42.5 Å². The van der Waals surface area contributed by atoms with Crippen molar-refractivity contribution in [2.24, 2.45) is 5.92 Å². The molecule has 4 aromatic rings. The lowest BCUT2D eigenvalue weighted by atomic mass is 9.89. The van der Waals surface area contributed by atoms with Crippen molar-refractivity contribution >= 4 is 16.9 Å². The molecule has 0 aliphatic heterocycles. The highest BCUT2D eigenvalue weighted by Gasteiger charge is 2.20. The van der Waals surface area contributed by atoms with Crippen LogP contribution in [0.25, 0.3) is 22.3 Å². The Balaban J connectivity index is 1.51. The summed E-state index contributed by atoms with van der Waals surface area (Å²) in [6, 6.07) is 15.8. The van der Waals surface area contributed by atoms with E-state index < -0.39 is 0 Å². The quantitative estimate of drug-likeness (QED) is 0.479. The molecule has 32 heavy (non-hydrogen) atoms. The fourth-order valence-corrected chi connectivity index (χ4v) is 4.49. The molecule has 0 saturated heterocycles. The molecule has 0 unspecified atom stereocenters. The fourth-order valence-electron chi connectivity index (χ4n) is 4.49. The van der Waals surface area contributed by atoms with Gasteiger partial charge in [0.05, 0.1) is 29.4 Å². The SMILES string of the molecule is O=C(NCC1CCCCC1)c1cc(-c2ccccc2)nc2c1cnn2Cc1ccncc1. The van der Waals surface area contributed by atoms with E-state index in [4.69, 9.17) is 4.98 Å². The van der Waals surface area contributed by atoms with E-state index in [2.05, 4.69) is 15.4 Å². The number of benzene rings is 1. The summed E-state index contributed by atoms with van der Waals surface area (Å²) >= 11 is 0. The van der Waals surface area contributed by atoms with Gasteiger partial charge in [0.2, 0.25) is 0 Å². The van der Waals surface area contributed by atoms with Crippen molar-refractivity contribution in [1.29, 1.82) is 0 Å². The van der Waals surface area contributed by atoms with Crippen LogP contribution in [0.4, 0.5) is 0 Å². The molecule has 0 radical (unpaired) electrons. The molecule has 1 aliphatic carbocycles. The van der Waals surface area contributed by atoms with Crippen LogP contribution in [-0.4, -0.2) is 32.2 Å². The van der Waals surface area contributed by atoms with Crippen LogP contribution in [-0.2, 0) is 6.54 Å². The van der Waals surface area contributed by atoms with Gasteiger partial charge >= 0.3 is 0 Å². The Hall–Kier alpha value is -3.54. The second-order valence-corrected chi connectivity index (χ2v) is 8.53. The number of fused-ring (bicyclic) bond motifs is 1. The number of pyridine rings is 2. The summed E-state index contributed by atoms with van der Waals surface area (Å²) in [5.74, 6) is 0.525. The number of rotatable bonds is 6. The van der Waals surface area contributed by atoms with Crippen LogP contribution in [0, 0.1) is 5.92 Å². The Morgan fingerprint density at radius 2 is 1.81 bits per heavy atom. The van der Waals surface area contributed by atoms with Gasteiger partial charge in [-0.3, -0.25) is 9.78 Å². The van der Waals surface area contributed by atoms with Gasteiger partial charge in [0.25, 0.3) is 5.91 Å². The predicted molar refractivity (Wildman–Crippen MR) is 125 cm³/mol. The molecule has 0 atom stereocenters. The summed E-state index contributed by atoms with van der Waals surface area (Å²) in [6.07, 6.45) is 11.5. The first-order chi connectivity index (χ1) is 15.8. The highest BCUT2D eigenvalue weighted by molar-refractivity contribution is 6.06. The summed E-state index contributed by atoms with van der Waals surface area (Å²) in [5.41, 5.74) is 4.18. The largest absolute Gasteiger partial charge is 0.352 e. The van der Waals surface area contributed by atoms with Crippen molar-refractivity contribution < 1.29 is 4.79 Å². The average Bonchev–Trinajstić information content (AvgIpc) is 3.26. The summed E-state index contributed by atoms with van der Waals surface area (Å²) in [4.78, 5) is 22.3. The minimum atomic E-state index is -0.0522. The third-order valence-corrected chi connectivity index (χ3v) is 6.28. The van der Waals surface area contributed by atoms with E-state index in [1.54, 1.807) is 18.6 Å². The molecule has 6 heteroatoms. The molecule has 1 aromatic carbocycles. The van der Waals surface area contributed by atoms with Crippen LogP contribution in [0.2, 0.25) is 0 Å². The monoisotopic (exact) mass is 425 g/mol. The lowest BCUT2D eigenvalue weighted by Crippen LogP contribution is -2.30. The van der Waals surface area contributed by atoms with E-state index in [0.29, 0.717) is 23.7 Å². The third-order valence-electron chi connectivity index (χ3n) is 6.28. The summed E-state index contributed by atoms with van der Waals surface area (Å²) < 4.78 is 1.86. The van der Waals surface area contributed by atoms with Crippen molar-refractivity contribution in [3.8, 4) is 11.3 Å². The molecule has 0 bridgehead atoms. The first-order valence-electron chi connectivity index (χ1n) is 11.4. The summed E-state index contributed by atoms with van der Waals surface area (Å²) in [7, 11) is 0. The fraction of sp³-hybridized carbons (Fsp3) is 0.308. The van der Waals surface area contributed by atoms with E-state index in [1.807, 2.05) is 53.2 Å². The Morgan fingerprint density at radius 1 is 1.03 bits per heavy atom. The van der Waals surface area contributed by atoms with Gasteiger partial charge in [0.1, 0.15) is 0 Å². The zero-order valence-corrected chi connectivity index (χ0v) is 18.1. The van der Waals surface area contributed by atoms with Crippen molar-refractivity contribution in [1.82, 2.24) is 25.1 Å². The number of hydrogen-bond donors (Lipinski definition) is 1. The molecular weight excluding hydrogens is 398 g/mol. The number of hydrogen-bond acceptors (Lipinski definition) is 4. The third kappa shape index (κ3) is 4.40. The van der Waals surface area contributed by atoms with Crippen molar-refractivity contribution in [2.75, 3.05) is 6.54 Å². The topological polar surface area (TPSA) is 72.7 Å². The molecule has 162 valence electrons. The Bertz CT molecular complexity index is 1200. The second-order valence-electron chi connectivity index (χ2n) is 8.53. The van der Waals surface area contributed by atoms with E-state index in [9.17, 15) is 4.79 Å². The Morgan fingerprint density at radius 3 is 2.59 bits per heavy atom. The second kappa shape index (κ2) is 9.30. The number of carbonyl (C=O) groups excluding carboxylic acids is 1. The molecule has 3 heterocycles. The van der Waals surface area contributed by atoms with Crippen molar-refractivity contribution in [3.05, 3.63) is 78.2 Å². The first-order valence-corrected chi connectivity index (χ1v) is 11.4. The lowest BCUT2D eigenvalue weighted by molar-refractivity contribution is 0.0945. The maximum atomic E-state index is 13.3. The number of amides is 1. The van der Waals surface area contributed by atoms with Crippen LogP contribution in [0.5, 0.6) is 0 Å². The van der Waals surface area contributed by atoms with Gasteiger partial charge in [0.15, 0.2) is 5.65 Å². The molecule has 1 fully saturated rings. The normalized spacial score (nSPS) is 14.5. The van der Waals surface area contributed by atoms with Gasteiger partial charge < -0.3 is 5.32 Å². The van der Waals surface area contributed by atoms with Crippen LogP contribution in [0.1, 0.15) is 48.0 Å². The highest BCUT2D eigenvalue weighted by atomic mass is 16.1. The maximum Gasteiger partial charge on any atom is 0.252 e. The molecule has 5 rings (SSSR count). The zero-order chi connectivity index (χ0) is 21.8. The van der Waals surface area contributed by atoms with E-state index in [-0.39, 0.29) is 5.91 Å². The van der Waals surface area contributed by atoms with E-state index in [1.165, 1.54) is 32.1 Å². The number of carbonyl (C=O) groups is 1. The molecular formula is C26H27N5O. The first kappa shape index (κ1) is 20.4. The minimum Gasteiger partial charge on any atom is -0.352 e. The van der Waals surface area contributed by atoms with Gasteiger partial charge in [-0.1, -0.05) is 49.6 Å². The van der Waals surface area contributed by atoms with Crippen LogP contribution in [0.3, 0.4) is 0 Å². The minimum absolute atomic E-state index is 0.0522. The van der Waals surface area contributed by atoms with E-state index in [0.717, 1.165) is 28.8 Å². The van der Waals surface area contributed by atoms with Gasteiger partial charge in [-0.15, -0.1) is 0 Å². The predicted octanol–water partition coefficient (Wildman–Crippen LogP) is 4.85. The maximum absolute atomic E-state index is 13.3. The molecule has 6 nitrogen and oxygen atoms in total. The van der Waals surface area contributed by atoms with E-state index >= 15 is 0 Å². The molecule has 1 saturated carbocycles. The van der Waals surface area contributed by atoms with Crippen LogP contribution < -0.4 is 5.32 Å². The van der Waals surface area contributed by atoms with Gasteiger partial charge in [-0.25, -0.2) is 9.67 Å². The van der Waals surface area contributed by atoms with Gasteiger partial charge in [0, 0.05) is 24.5 Å². The number of aromatic nitrogens is 4. The smallest absolute Gasteiger partial charge is 0.252 e. The van der Waals surface area contributed by atoms with Gasteiger partial charge in [-0.2, -0.15) is 5.10 Å². The molecule has 3 aromatic heterocycles. The number of nitrogens with one attached hydrogen (secondary N) is 1. The lowest BCUT2D eigenvalue weighted by Gasteiger charge is -2.21. The Kier molecular flexibility index (Phi) is 5.92. The zero-order valence-electron chi connectivity index (χ0n) is 18.1. The standard InChI is InChI=1S/C26H27N5O/c32-26(28-16-19-7-3-1-4-8-19)22-15-24(21-9-5-2-6-10-21)30-25-23(22)17-29-31(25)18-20-11-13-27-14-12-20/h2,5-6,9-15,17,19H,1,3-4,7-8,16,18H2,(H,28,32). The van der Waals surface area contributed by atoms with Crippen molar-refractivity contribution in [3.63, 3.8) is 0 Å². The summed E-state index contributed by atoms with van der Waals surface area (Å²) in [6.45, 7) is 1.30. The number of nitrogens with zero attached hydrogens (tertiary/aromatic N) is 4. The molecule has 1 N–H and O–H groups in total. The molecule has 1 aliphatic rings. The molecule has 0 spiro atoms. The average molecular weight is 426 g/mol.